The molecule has 4 N–H and O–H groups in total. The van der Waals surface area contributed by atoms with Crippen molar-refractivity contribution < 1.29 is 9.47 Å². The summed E-state index contributed by atoms with van der Waals surface area (Å²) in [4.78, 5) is 0. The van der Waals surface area contributed by atoms with Gasteiger partial charge < -0.3 is 20.1 Å². The van der Waals surface area contributed by atoms with Crippen LogP contribution in [0, 0.1) is 0 Å². The van der Waals surface area contributed by atoms with Crippen LogP contribution in [-0.4, -0.2) is 42.5 Å². The van der Waals surface area contributed by atoms with Crippen LogP contribution in [0.15, 0.2) is 84.9 Å². The predicted octanol–water partition coefficient (Wildman–Crippen LogP) is 8.12. The van der Waals surface area contributed by atoms with Crippen molar-refractivity contribution in [3.63, 3.8) is 0 Å². The van der Waals surface area contributed by atoms with Crippen LogP contribution < -0.4 is 29.4 Å². The van der Waals surface area contributed by atoms with Crippen molar-refractivity contribution in [2.24, 2.45) is 5.73 Å². The third-order valence-corrected chi connectivity index (χ3v) is 20.7. The molecule has 0 fully saturated rings. The molecule has 0 aliphatic rings. The summed E-state index contributed by atoms with van der Waals surface area (Å²) in [6.07, 6.45) is 0. The molecule has 1 atom stereocenters. The number of hydrogen-bond donors (Lipinski definition) is 3. The van der Waals surface area contributed by atoms with Crippen molar-refractivity contribution >= 4 is 70.4 Å². The Kier molecular flexibility index (Phi) is 14.1. The Morgan fingerprint density at radius 1 is 0.805 bits per heavy atom. The Bertz CT molecular complexity index is 1310. The first-order chi connectivity index (χ1) is 19.9. The third-order valence-electron chi connectivity index (χ3n) is 6.19. The van der Waals surface area contributed by atoms with Crippen LogP contribution in [0.4, 0.5) is 11.4 Å². The first-order valence-corrected chi connectivity index (χ1v) is 22.5. The van der Waals surface area contributed by atoms with E-state index >= 15 is 0 Å². The van der Waals surface area contributed by atoms with Gasteiger partial charge in [0.25, 0.3) is 0 Å². The Morgan fingerprint density at radius 2 is 1.29 bits per heavy atom. The third kappa shape index (κ3) is 10.4. The zero-order chi connectivity index (χ0) is 29.6. The molecule has 0 aliphatic heterocycles. The van der Waals surface area contributed by atoms with E-state index in [-0.39, 0.29) is 6.04 Å². The maximum atomic E-state index is 6.22. The number of nitrogens with two attached hydrogens (primary N) is 1. The summed E-state index contributed by atoms with van der Waals surface area (Å²) in [7, 11) is 2.21. The van der Waals surface area contributed by atoms with E-state index in [1.54, 1.807) is 3.58 Å². The molecule has 4 aromatic rings. The minimum absolute atomic E-state index is 0.138. The van der Waals surface area contributed by atoms with Gasteiger partial charge >= 0.3 is 126 Å². The van der Waals surface area contributed by atoms with Crippen molar-refractivity contribution in [1.82, 2.24) is 0 Å². The van der Waals surface area contributed by atoms with Crippen molar-refractivity contribution in [1.29, 1.82) is 0 Å². The predicted molar refractivity (Wildman–Crippen MR) is 186 cm³/mol. The summed E-state index contributed by atoms with van der Waals surface area (Å²) in [6, 6.07) is 28.9. The van der Waals surface area contributed by atoms with E-state index in [0.29, 0.717) is 18.3 Å². The van der Waals surface area contributed by atoms with Crippen molar-refractivity contribution in [3.05, 3.63) is 90.5 Å². The fourth-order valence-electron chi connectivity index (χ4n) is 4.32. The second-order valence-electron chi connectivity index (χ2n) is 9.28. The fraction of sp³-hybridized carbons (Fsp3) is 0.303. The van der Waals surface area contributed by atoms with Crippen LogP contribution in [-0.2, 0) is 0 Å². The summed E-state index contributed by atoms with van der Waals surface area (Å²) in [5, 5.41) is 9.49. The van der Waals surface area contributed by atoms with Gasteiger partial charge in [0, 0.05) is 11.4 Å². The number of fused-ring (bicyclic) bond motifs is 1. The first kappa shape index (κ1) is 33.0. The number of thiocarbonyl (C=S) groups is 1. The number of benzene rings is 4. The molecule has 217 valence electrons. The van der Waals surface area contributed by atoms with Gasteiger partial charge in [-0.3, -0.25) is 0 Å². The van der Waals surface area contributed by atoms with Gasteiger partial charge in [-0.1, -0.05) is 0 Å². The van der Waals surface area contributed by atoms with Crippen molar-refractivity contribution in [2.45, 2.75) is 45.1 Å². The van der Waals surface area contributed by atoms with Gasteiger partial charge in [0.1, 0.15) is 11.5 Å². The van der Waals surface area contributed by atoms with Gasteiger partial charge in [0.05, 0.1) is 13.2 Å². The second kappa shape index (κ2) is 17.5. The molecule has 0 amide bonds. The summed E-state index contributed by atoms with van der Waals surface area (Å²) in [5.41, 5.74) is 9.42. The number of ether oxygens (including phenoxy) is 2. The minimum atomic E-state index is -1.56. The summed E-state index contributed by atoms with van der Waals surface area (Å²) in [5.74, 6) is 2.92. The molecule has 0 bridgehead atoms. The number of hydrogen-bond acceptors (Lipinski definition) is 5. The standard InChI is InChI=1S/C17H20N2O2S.C12H12N.C2H6S.C2H5.Sn/c1-3-20-15-9-5-13(6-10-15)18-17(22)19-14-7-11-16(12-8-14)21-4-2;1-9(13)11-7-6-10-4-2-3-5-12(10)8-11;1-2-3;1-2;/h5-12H,3-4H2,1-2H3,(H2,18,19,22);2-6,8-9H,13H2,1H3;3H,2H2,1H3;1H2,2H3;/q;;;;+1/p-1. The van der Waals surface area contributed by atoms with Gasteiger partial charge in [-0.15, -0.1) is 0 Å². The molecule has 4 aromatic carbocycles. The molecule has 0 spiro atoms. The average molecular weight is 696 g/mol. The number of rotatable bonds is 11. The molecule has 0 heterocycles. The quantitative estimate of drug-likeness (QED) is 0.108. The Balaban J connectivity index is 0.000000228. The maximum absolute atomic E-state index is 6.22. The van der Waals surface area contributed by atoms with E-state index in [1.165, 1.54) is 26.5 Å². The van der Waals surface area contributed by atoms with Crippen LogP contribution in [0.5, 0.6) is 11.5 Å². The second-order valence-corrected chi connectivity index (χ2v) is 22.3. The number of anilines is 2. The molecule has 5 nitrogen and oxygen atoms in total. The monoisotopic (exact) mass is 696 g/mol. The molecule has 1 unspecified atom stereocenters. The first-order valence-electron chi connectivity index (χ1n) is 14.2. The molecule has 0 aromatic heterocycles. The zero-order valence-corrected chi connectivity index (χ0v) is 29.2. The van der Waals surface area contributed by atoms with Crippen LogP contribution in [0.3, 0.4) is 0 Å². The molecular formula is C33H42N3O2S2Sn. The van der Waals surface area contributed by atoms with Gasteiger partial charge in [0.2, 0.25) is 0 Å². The molecular weight excluding hydrogens is 653 g/mol. The van der Waals surface area contributed by atoms with Crippen LogP contribution >= 0.6 is 21.2 Å². The summed E-state index contributed by atoms with van der Waals surface area (Å²) >= 11 is 3.74. The molecule has 0 aliphatic carbocycles. The van der Waals surface area contributed by atoms with Gasteiger partial charge in [-0.25, -0.2) is 0 Å². The molecule has 8 heteroatoms. The van der Waals surface area contributed by atoms with E-state index in [0.717, 1.165) is 22.9 Å². The summed E-state index contributed by atoms with van der Waals surface area (Å²) in [6.45, 7) is 12.0. The van der Waals surface area contributed by atoms with E-state index in [9.17, 15) is 0 Å². The SMILES string of the molecule is CCOc1ccc(NC(=S)Nc2ccc(OCC)cc2)cc1.CC[S][Sn]([CH2]C)[c]1cc2ccccc2cc1C(C)N. The Morgan fingerprint density at radius 3 is 1.71 bits per heavy atom. The van der Waals surface area contributed by atoms with Gasteiger partial charge in [0.15, 0.2) is 5.11 Å². The zero-order valence-electron chi connectivity index (χ0n) is 24.7. The Labute approximate surface area is 260 Å². The Hall–Kier alpha value is -2.46. The topological polar surface area (TPSA) is 68.5 Å². The van der Waals surface area contributed by atoms with Crippen LogP contribution in [0.2, 0.25) is 4.44 Å². The van der Waals surface area contributed by atoms with Crippen molar-refractivity contribution in [2.75, 3.05) is 29.6 Å². The van der Waals surface area contributed by atoms with E-state index in [2.05, 4.69) is 76.7 Å². The number of nitrogens with one attached hydrogen (secondary N) is 2. The average Bonchev–Trinajstić information content (AvgIpc) is 2.98. The van der Waals surface area contributed by atoms with E-state index in [4.69, 9.17) is 27.4 Å². The molecule has 4 rings (SSSR count). The van der Waals surface area contributed by atoms with Gasteiger partial charge in [-0.05, 0) is 74.6 Å². The van der Waals surface area contributed by atoms with Crippen molar-refractivity contribution in [3.8, 4) is 11.5 Å². The molecule has 0 saturated carbocycles. The van der Waals surface area contributed by atoms with Crippen LogP contribution in [0.1, 0.15) is 46.2 Å². The normalized spacial score (nSPS) is 11.4. The van der Waals surface area contributed by atoms with E-state index < -0.39 is 18.4 Å². The molecule has 1 radical (unpaired) electrons. The van der Waals surface area contributed by atoms with Crippen LogP contribution in [0.25, 0.3) is 10.8 Å². The fourth-order valence-corrected chi connectivity index (χ4v) is 16.3. The molecule has 41 heavy (non-hydrogen) atoms. The summed E-state index contributed by atoms with van der Waals surface area (Å²) < 4.78 is 13.8. The van der Waals surface area contributed by atoms with Gasteiger partial charge in [-0.2, -0.15) is 0 Å². The van der Waals surface area contributed by atoms with E-state index in [1.807, 2.05) is 62.4 Å². The molecule has 0 saturated heterocycles.